The summed E-state index contributed by atoms with van der Waals surface area (Å²) in [4.78, 5) is 51.1. The number of hydrogen-bond donors (Lipinski definition) is 2. The first kappa shape index (κ1) is 21.4. The number of H-pyrrole nitrogens is 1. The lowest BCUT2D eigenvalue weighted by Gasteiger charge is -2.06. The van der Waals surface area contributed by atoms with E-state index in [1.165, 1.54) is 30.5 Å². The lowest BCUT2D eigenvalue weighted by Crippen LogP contribution is -2.21. The van der Waals surface area contributed by atoms with E-state index in [0.717, 1.165) is 4.88 Å². The van der Waals surface area contributed by atoms with E-state index in [4.69, 9.17) is 9.47 Å². The molecule has 0 unspecified atom stereocenters. The van der Waals surface area contributed by atoms with Crippen molar-refractivity contribution in [2.75, 3.05) is 18.5 Å². The minimum absolute atomic E-state index is 0.0726. The molecule has 0 fully saturated rings. The summed E-state index contributed by atoms with van der Waals surface area (Å²) >= 11 is 1.27. The molecule has 2 N–H and O–H groups in total. The molecule has 0 spiro atoms. The van der Waals surface area contributed by atoms with Crippen LogP contribution in [0.25, 0.3) is 0 Å². The predicted molar refractivity (Wildman–Crippen MR) is 104 cm³/mol. The van der Waals surface area contributed by atoms with Crippen LogP contribution in [0.5, 0.6) is 0 Å². The van der Waals surface area contributed by atoms with E-state index >= 15 is 0 Å². The Hall–Kier alpha value is -2.94. The van der Waals surface area contributed by atoms with E-state index in [-0.39, 0.29) is 29.6 Å². The summed E-state index contributed by atoms with van der Waals surface area (Å²) in [6.45, 7) is 6.70. The standard InChI is InChI=1S/C19H22N2O6S/c1-5-26-18(24)13-7-15(10(2)3)28-17(13)21-16(23)9-27-19(25)14-6-12(8-20-14)11(4)22/h6-8,10,20H,5,9H2,1-4H3,(H,21,23). The van der Waals surface area contributed by atoms with Gasteiger partial charge in [-0.05, 0) is 31.9 Å². The number of Topliss-reactive ketones (excluding diaryl/α,β-unsaturated/α-hetero) is 1. The van der Waals surface area contributed by atoms with E-state index in [1.54, 1.807) is 13.0 Å². The van der Waals surface area contributed by atoms with E-state index < -0.39 is 24.5 Å². The number of aromatic amines is 1. The number of amides is 1. The molecule has 1 amide bonds. The van der Waals surface area contributed by atoms with Crippen LogP contribution in [0.15, 0.2) is 18.3 Å². The molecule has 2 aromatic rings. The predicted octanol–water partition coefficient (Wildman–Crippen LogP) is 3.37. The second kappa shape index (κ2) is 9.32. The summed E-state index contributed by atoms with van der Waals surface area (Å²) in [5.41, 5.74) is 0.685. The number of esters is 2. The maximum absolute atomic E-state index is 12.2. The first-order chi connectivity index (χ1) is 13.2. The van der Waals surface area contributed by atoms with E-state index in [1.807, 2.05) is 13.8 Å². The van der Waals surface area contributed by atoms with E-state index in [2.05, 4.69) is 10.3 Å². The number of aromatic nitrogens is 1. The van der Waals surface area contributed by atoms with Crippen LogP contribution in [0.4, 0.5) is 5.00 Å². The third kappa shape index (κ3) is 5.29. The highest BCUT2D eigenvalue weighted by Gasteiger charge is 2.21. The number of anilines is 1. The van der Waals surface area contributed by atoms with Gasteiger partial charge in [-0.1, -0.05) is 13.8 Å². The number of rotatable bonds is 8. The molecular formula is C19H22N2O6S. The Balaban J connectivity index is 2.02. The fourth-order valence-electron chi connectivity index (χ4n) is 2.23. The molecule has 8 nitrogen and oxygen atoms in total. The van der Waals surface area contributed by atoms with Crippen molar-refractivity contribution in [1.82, 2.24) is 4.98 Å². The van der Waals surface area contributed by atoms with Crippen LogP contribution in [-0.4, -0.2) is 41.8 Å². The number of carbonyl (C=O) groups is 4. The molecule has 9 heteroatoms. The van der Waals surface area contributed by atoms with Crippen LogP contribution in [0, 0.1) is 0 Å². The third-order valence-electron chi connectivity index (χ3n) is 3.71. The van der Waals surface area contributed by atoms with Gasteiger partial charge in [-0.3, -0.25) is 9.59 Å². The maximum Gasteiger partial charge on any atom is 0.355 e. The highest BCUT2D eigenvalue weighted by atomic mass is 32.1. The fourth-order valence-corrected chi connectivity index (χ4v) is 3.30. The van der Waals surface area contributed by atoms with Crippen molar-refractivity contribution in [3.63, 3.8) is 0 Å². The summed E-state index contributed by atoms with van der Waals surface area (Å²) in [5, 5.41) is 2.94. The molecule has 150 valence electrons. The summed E-state index contributed by atoms with van der Waals surface area (Å²) in [7, 11) is 0. The third-order valence-corrected chi connectivity index (χ3v) is 5.06. The number of carbonyl (C=O) groups excluding carboxylic acids is 4. The Labute approximate surface area is 166 Å². The molecule has 0 bridgehead atoms. The van der Waals surface area contributed by atoms with Gasteiger partial charge in [0.2, 0.25) is 0 Å². The summed E-state index contributed by atoms with van der Waals surface area (Å²) < 4.78 is 9.97. The van der Waals surface area contributed by atoms with Crippen LogP contribution in [0.2, 0.25) is 0 Å². The van der Waals surface area contributed by atoms with Crippen LogP contribution in [-0.2, 0) is 14.3 Å². The van der Waals surface area contributed by atoms with Gasteiger partial charge in [0.15, 0.2) is 12.4 Å². The Kier molecular flexibility index (Phi) is 7.11. The SMILES string of the molecule is CCOC(=O)c1cc(C(C)C)sc1NC(=O)COC(=O)c1cc(C(C)=O)c[nH]1. The molecule has 0 saturated carbocycles. The zero-order valence-electron chi connectivity index (χ0n) is 16.1. The largest absolute Gasteiger partial charge is 0.462 e. The van der Waals surface area contributed by atoms with E-state index in [0.29, 0.717) is 10.6 Å². The molecule has 0 saturated heterocycles. The second-order valence-corrected chi connectivity index (χ2v) is 7.33. The molecule has 0 aromatic carbocycles. The Bertz CT molecular complexity index is 896. The molecule has 0 aliphatic carbocycles. The van der Waals surface area contributed by atoms with Crippen molar-refractivity contribution in [3.8, 4) is 0 Å². The van der Waals surface area contributed by atoms with Gasteiger partial charge >= 0.3 is 11.9 Å². The zero-order valence-corrected chi connectivity index (χ0v) is 16.9. The first-order valence-corrected chi connectivity index (χ1v) is 9.51. The average molecular weight is 406 g/mol. The Morgan fingerprint density at radius 1 is 1.14 bits per heavy atom. The lowest BCUT2D eigenvalue weighted by atomic mass is 10.1. The quantitative estimate of drug-likeness (QED) is 0.513. The van der Waals surface area contributed by atoms with Gasteiger partial charge in [0.25, 0.3) is 5.91 Å². The lowest BCUT2D eigenvalue weighted by molar-refractivity contribution is -0.119. The zero-order chi connectivity index (χ0) is 20.8. The number of ether oxygens (including phenoxy) is 2. The fraction of sp³-hybridized carbons (Fsp3) is 0.368. The molecule has 0 radical (unpaired) electrons. The smallest absolute Gasteiger partial charge is 0.355 e. The Morgan fingerprint density at radius 3 is 2.43 bits per heavy atom. The normalized spacial score (nSPS) is 10.6. The van der Waals surface area contributed by atoms with Crippen LogP contribution < -0.4 is 5.32 Å². The summed E-state index contributed by atoms with van der Waals surface area (Å²) in [5.74, 6) is -1.90. The van der Waals surface area contributed by atoms with Gasteiger partial charge in [0, 0.05) is 16.6 Å². The van der Waals surface area contributed by atoms with Gasteiger partial charge in [-0.25, -0.2) is 9.59 Å². The molecule has 0 aliphatic heterocycles. The van der Waals surface area contributed by atoms with Gasteiger partial charge in [-0.15, -0.1) is 11.3 Å². The van der Waals surface area contributed by atoms with Crippen LogP contribution in [0.1, 0.15) is 69.7 Å². The molecule has 0 atom stereocenters. The summed E-state index contributed by atoms with van der Waals surface area (Å²) in [6, 6.07) is 3.05. The molecule has 0 aliphatic rings. The summed E-state index contributed by atoms with van der Waals surface area (Å²) in [6.07, 6.45) is 1.39. The average Bonchev–Trinajstić information content (AvgIpc) is 3.27. The van der Waals surface area contributed by atoms with Crippen molar-refractivity contribution >= 4 is 40.0 Å². The number of hydrogen-bond acceptors (Lipinski definition) is 7. The number of ketones is 1. The second-order valence-electron chi connectivity index (χ2n) is 6.25. The number of thiophene rings is 1. The Morgan fingerprint density at radius 2 is 1.86 bits per heavy atom. The molecule has 2 aromatic heterocycles. The van der Waals surface area contributed by atoms with Crippen molar-refractivity contribution in [3.05, 3.63) is 40.0 Å². The van der Waals surface area contributed by atoms with E-state index in [9.17, 15) is 19.2 Å². The van der Waals surface area contributed by atoms with Gasteiger partial charge in [0.05, 0.1) is 12.2 Å². The van der Waals surface area contributed by atoms with Crippen molar-refractivity contribution in [1.29, 1.82) is 0 Å². The molecule has 2 heterocycles. The van der Waals surface area contributed by atoms with Crippen LogP contribution in [0.3, 0.4) is 0 Å². The van der Waals surface area contributed by atoms with Crippen molar-refractivity contribution in [2.24, 2.45) is 0 Å². The minimum atomic E-state index is -0.762. The minimum Gasteiger partial charge on any atom is -0.462 e. The highest BCUT2D eigenvalue weighted by molar-refractivity contribution is 7.16. The first-order valence-electron chi connectivity index (χ1n) is 8.70. The molecule has 2 rings (SSSR count). The van der Waals surface area contributed by atoms with Crippen molar-refractivity contribution < 1.29 is 28.7 Å². The highest BCUT2D eigenvalue weighted by Crippen LogP contribution is 2.33. The maximum atomic E-state index is 12.2. The molecular weight excluding hydrogens is 384 g/mol. The van der Waals surface area contributed by atoms with Gasteiger partial charge in [0.1, 0.15) is 10.7 Å². The topological polar surface area (TPSA) is 115 Å². The monoisotopic (exact) mass is 406 g/mol. The van der Waals surface area contributed by atoms with Gasteiger partial charge < -0.3 is 19.8 Å². The van der Waals surface area contributed by atoms with Gasteiger partial charge in [-0.2, -0.15) is 0 Å². The van der Waals surface area contributed by atoms with Crippen molar-refractivity contribution in [2.45, 2.75) is 33.6 Å². The molecule has 28 heavy (non-hydrogen) atoms. The van der Waals surface area contributed by atoms with Crippen LogP contribution >= 0.6 is 11.3 Å². The number of nitrogens with one attached hydrogen (secondary N) is 2.